The van der Waals surface area contributed by atoms with Gasteiger partial charge in [-0.3, -0.25) is 24.0 Å². The lowest BCUT2D eigenvalue weighted by Crippen LogP contribution is -2.38. The van der Waals surface area contributed by atoms with Gasteiger partial charge >= 0.3 is 6.03 Å². The number of primary amides is 2. The summed E-state index contributed by atoms with van der Waals surface area (Å²) in [6.45, 7) is 12.0. The standard InChI is InChI=1S/C55H83N9O9S/c1-4-48(65)62-46-21-17-39(32-38(46)2)33-41-18-20-45(54(56)69)53-52(41)44-19-16-40(34-47(44)63-53)36-64(3)25-8-7-22-58-50(67)14-9-15-51(68)60-24-11-27-72-29-31-73-30-28-71-26-10-23-59-49(66)13-6-5-12-43-35-42(37-74-43)61-55(57)70/h4,17-18,20-21,32,40,42-43,63H,1,5-16,19,22-31,33-37H2,2-3H3,(H2,56,69)(H,58,67)(H,59,66)(H,60,68)(H,62,65)(H3,57,61,70)/t40?,42-,43+/m1/s1. The highest BCUT2D eigenvalue weighted by molar-refractivity contribution is 8.00. The SMILES string of the molecule is C=CC(=O)Nc1ccc(Cc2ccc(C(N)=O)c3[nH]c4c(c23)CCC(CN(C)CCCCNC(=O)CCCC(=O)NCCCOCCOCCOCCCNC(=O)CCCC[C@H]2C[C@@H](NC(N)=O)CS2)C4)cc1C. The van der Waals surface area contributed by atoms with Gasteiger partial charge in [-0.15, -0.1) is 0 Å². The first-order valence-corrected chi connectivity index (χ1v) is 27.7. The fourth-order valence-corrected chi connectivity index (χ4v) is 11.2. The van der Waals surface area contributed by atoms with Gasteiger partial charge in [-0.1, -0.05) is 31.2 Å². The molecule has 2 aromatic carbocycles. The maximum Gasteiger partial charge on any atom is 0.312 e. The number of rotatable bonds is 36. The Kier molecular flexibility index (Phi) is 26.3. The first-order chi connectivity index (χ1) is 35.8. The summed E-state index contributed by atoms with van der Waals surface area (Å²) in [7, 11) is 2.15. The van der Waals surface area contributed by atoms with Gasteiger partial charge in [-0.2, -0.15) is 11.8 Å². The molecular formula is C55H83N9O9S. The van der Waals surface area contributed by atoms with Crippen LogP contribution in [0.2, 0.25) is 0 Å². The maximum atomic E-state index is 12.5. The predicted molar refractivity (Wildman–Crippen MR) is 292 cm³/mol. The van der Waals surface area contributed by atoms with E-state index in [-0.39, 0.29) is 29.7 Å². The highest BCUT2D eigenvalue weighted by Gasteiger charge is 2.27. The fraction of sp³-hybridized carbons (Fsp3) is 0.600. The van der Waals surface area contributed by atoms with Gasteiger partial charge in [0.2, 0.25) is 23.6 Å². The molecule has 1 aliphatic carbocycles. The van der Waals surface area contributed by atoms with Crippen LogP contribution in [-0.4, -0.2) is 142 Å². The normalized spacial score (nSPS) is 16.2. The van der Waals surface area contributed by atoms with Gasteiger partial charge in [-0.05, 0) is 144 Å². The van der Waals surface area contributed by atoms with Crippen molar-refractivity contribution in [3.05, 3.63) is 76.5 Å². The molecular weight excluding hydrogens is 963 g/mol. The number of aromatic nitrogens is 1. The van der Waals surface area contributed by atoms with Crippen LogP contribution in [-0.2, 0) is 52.7 Å². The van der Waals surface area contributed by atoms with Crippen LogP contribution in [0, 0.1) is 12.8 Å². The highest BCUT2D eigenvalue weighted by Crippen LogP contribution is 2.37. The molecule has 5 rings (SSSR count). The molecule has 10 N–H and O–H groups in total. The molecule has 408 valence electrons. The van der Waals surface area contributed by atoms with Gasteiger partial charge in [0.1, 0.15) is 0 Å². The Morgan fingerprint density at radius 2 is 1.46 bits per heavy atom. The first-order valence-electron chi connectivity index (χ1n) is 26.7. The molecule has 1 fully saturated rings. The zero-order valence-corrected chi connectivity index (χ0v) is 44.7. The molecule has 1 saturated heterocycles. The van der Waals surface area contributed by atoms with E-state index in [0.29, 0.717) is 115 Å². The molecule has 1 aromatic heterocycles. The van der Waals surface area contributed by atoms with Crippen LogP contribution < -0.4 is 38.1 Å². The van der Waals surface area contributed by atoms with E-state index in [0.717, 1.165) is 116 Å². The summed E-state index contributed by atoms with van der Waals surface area (Å²) < 4.78 is 16.7. The zero-order valence-electron chi connectivity index (χ0n) is 43.9. The number of ether oxygens (including phenoxy) is 3. The summed E-state index contributed by atoms with van der Waals surface area (Å²) >= 11 is 1.86. The molecule has 7 amide bonds. The third kappa shape index (κ3) is 21.4. The minimum atomic E-state index is -0.466. The Labute approximate surface area is 441 Å². The fourth-order valence-electron chi connectivity index (χ4n) is 9.73. The number of fused-ring (bicyclic) bond motifs is 3. The van der Waals surface area contributed by atoms with Crippen molar-refractivity contribution in [2.45, 2.75) is 121 Å². The Balaban J connectivity index is 0.810. The zero-order chi connectivity index (χ0) is 53.1. The molecule has 19 heteroatoms. The smallest absolute Gasteiger partial charge is 0.312 e. The number of benzene rings is 2. The number of thioether (sulfide) groups is 1. The van der Waals surface area contributed by atoms with Gasteiger partial charge < -0.3 is 62.1 Å². The summed E-state index contributed by atoms with van der Waals surface area (Å²) in [6.07, 6.45) is 13.5. The number of hydrogen-bond acceptors (Lipinski definition) is 11. The van der Waals surface area contributed by atoms with Crippen molar-refractivity contribution in [2.75, 3.05) is 90.5 Å². The number of nitrogens with two attached hydrogens (primary N) is 2. The van der Waals surface area contributed by atoms with Crippen LogP contribution in [0.1, 0.15) is 122 Å². The third-order valence-electron chi connectivity index (χ3n) is 13.5. The second-order valence-corrected chi connectivity index (χ2v) is 21.0. The number of aryl methyl sites for hydroxylation is 2. The number of unbranched alkanes of at least 4 members (excludes halogenated alkanes) is 2. The van der Waals surface area contributed by atoms with E-state index >= 15 is 0 Å². The van der Waals surface area contributed by atoms with Crippen LogP contribution in [0.25, 0.3) is 10.9 Å². The lowest BCUT2D eigenvalue weighted by Gasteiger charge is -2.27. The predicted octanol–water partition coefficient (Wildman–Crippen LogP) is 5.56. The van der Waals surface area contributed by atoms with Crippen molar-refractivity contribution in [1.29, 1.82) is 0 Å². The monoisotopic (exact) mass is 1050 g/mol. The molecule has 74 heavy (non-hydrogen) atoms. The highest BCUT2D eigenvalue weighted by atomic mass is 32.2. The van der Waals surface area contributed by atoms with E-state index in [9.17, 15) is 28.8 Å². The molecule has 3 aromatic rings. The van der Waals surface area contributed by atoms with E-state index in [4.69, 9.17) is 25.7 Å². The molecule has 18 nitrogen and oxygen atoms in total. The number of urea groups is 1. The number of anilines is 1. The largest absolute Gasteiger partial charge is 0.379 e. The number of carbonyl (C=O) groups is 6. The molecule has 3 atom stereocenters. The van der Waals surface area contributed by atoms with Gasteiger partial charge in [0.25, 0.3) is 5.91 Å². The van der Waals surface area contributed by atoms with Crippen molar-refractivity contribution in [3.8, 4) is 0 Å². The summed E-state index contributed by atoms with van der Waals surface area (Å²) in [5.74, 6) is 0.612. The Bertz CT molecular complexity index is 2310. The van der Waals surface area contributed by atoms with Crippen molar-refractivity contribution < 1.29 is 43.0 Å². The first kappa shape index (κ1) is 59.4. The Hall–Kier alpha value is -5.47. The number of hydrogen-bond donors (Lipinski definition) is 8. The number of carbonyl (C=O) groups excluding carboxylic acids is 6. The number of H-pyrrole nitrogens is 1. The van der Waals surface area contributed by atoms with Crippen molar-refractivity contribution in [3.63, 3.8) is 0 Å². The lowest BCUT2D eigenvalue weighted by molar-refractivity contribution is -0.123. The molecule has 0 saturated carbocycles. The van der Waals surface area contributed by atoms with E-state index in [2.05, 4.69) is 56.2 Å². The third-order valence-corrected chi connectivity index (χ3v) is 15.0. The van der Waals surface area contributed by atoms with Crippen LogP contribution >= 0.6 is 11.8 Å². The van der Waals surface area contributed by atoms with Gasteiger partial charge in [0, 0.05) is 92.5 Å². The van der Waals surface area contributed by atoms with E-state index < -0.39 is 11.9 Å². The lowest BCUT2D eigenvalue weighted by atomic mass is 9.85. The molecule has 2 aliphatic rings. The molecule has 1 unspecified atom stereocenters. The van der Waals surface area contributed by atoms with Crippen molar-refractivity contribution >= 4 is 63.9 Å². The molecule has 1 aliphatic heterocycles. The number of amides is 7. The maximum absolute atomic E-state index is 12.5. The van der Waals surface area contributed by atoms with Gasteiger partial charge in [0.05, 0.1) is 37.5 Å². The van der Waals surface area contributed by atoms with E-state index in [1.807, 2.05) is 43.0 Å². The van der Waals surface area contributed by atoms with Crippen LogP contribution in [0.4, 0.5) is 10.5 Å². The van der Waals surface area contributed by atoms with Crippen molar-refractivity contribution in [1.82, 2.24) is 31.2 Å². The molecule has 0 radical (unpaired) electrons. The summed E-state index contributed by atoms with van der Waals surface area (Å²) in [4.78, 5) is 78.2. The van der Waals surface area contributed by atoms with Crippen LogP contribution in [0.3, 0.4) is 0 Å². The van der Waals surface area contributed by atoms with Crippen LogP contribution in [0.5, 0.6) is 0 Å². The average molecular weight is 1050 g/mol. The quantitative estimate of drug-likeness (QED) is 0.0264. The minimum Gasteiger partial charge on any atom is -0.379 e. The number of aromatic amines is 1. The van der Waals surface area contributed by atoms with Gasteiger partial charge in [0.15, 0.2) is 0 Å². The number of nitrogens with one attached hydrogen (secondary N) is 6. The second-order valence-electron chi connectivity index (χ2n) is 19.7. The van der Waals surface area contributed by atoms with Crippen molar-refractivity contribution in [2.24, 2.45) is 17.4 Å². The van der Waals surface area contributed by atoms with E-state index in [1.54, 1.807) is 0 Å². The summed E-state index contributed by atoms with van der Waals surface area (Å²) in [6, 6.07) is 9.55. The topological polar surface area (TPSA) is 261 Å². The second kappa shape index (κ2) is 32.8. The molecule has 0 bridgehead atoms. The average Bonchev–Trinajstić information content (AvgIpc) is 3.98. The summed E-state index contributed by atoms with van der Waals surface area (Å²) in [5, 5.41) is 16.1. The summed E-state index contributed by atoms with van der Waals surface area (Å²) in [5.41, 5.74) is 18.8. The number of nitrogens with zero attached hydrogens (tertiary/aromatic N) is 1. The minimum absolute atomic E-state index is 0.0369. The Morgan fingerprint density at radius 3 is 2.09 bits per heavy atom. The van der Waals surface area contributed by atoms with Crippen LogP contribution in [0.15, 0.2) is 43.0 Å². The molecule has 2 heterocycles. The van der Waals surface area contributed by atoms with E-state index in [1.165, 1.54) is 17.3 Å². The molecule has 0 spiro atoms. The Morgan fingerprint density at radius 1 is 0.811 bits per heavy atom. The van der Waals surface area contributed by atoms with Gasteiger partial charge in [-0.25, -0.2) is 4.79 Å².